The molecule has 0 bridgehead atoms. The van der Waals surface area contributed by atoms with Gasteiger partial charge in [0.1, 0.15) is 0 Å². The van der Waals surface area contributed by atoms with Gasteiger partial charge >= 0.3 is 0 Å². The molecule has 4 aromatic rings. The molecule has 0 saturated carbocycles. The van der Waals surface area contributed by atoms with Crippen LogP contribution < -0.4 is 4.57 Å². The maximum atomic E-state index is 13.1. The summed E-state index contributed by atoms with van der Waals surface area (Å²) < 4.78 is 4.31. The Morgan fingerprint density at radius 2 is 1.86 bits per heavy atom. The van der Waals surface area contributed by atoms with Crippen LogP contribution in [0.25, 0.3) is 10.8 Å². The fraction of sp³-hybridized carbons (Fsp3) is 0.200. The van der Waals surface area contributed by atoms with Crippen LogP contribution in [-0.2, 0) is 13.0 Å². The number of benzene rings is 2. The molecular weight excluding hydrogens is 344 g/mol. The molecule has 138 valence electrons. The van der Waals surface area contributed by atoms with Crippen molar-refractivity contribution in [1.82, 2.24) is 4.57 Å². The minimum absolute atomic E-state index is 0.114. The standard InChI is InChI=1S/C25H23N2O/c1-18-7-9-23-20(13-18)8-10-24(25(23)28)27-12-11-21-15-26(16-22(21)17-27)14-19-5-3-2-4-6-19/h2-7,9,11-13,15-17,24H,8,10,14H2,1H3/q+1. The van der Waals surface area contributed by atoms with Gasteiger partial charge in [-0.05, 0) is 24.5 Å². The Balaban J connectivity index is 1.45. The third kappa shape index (κ3) is 3.03. The van der Waals surface area contributed by atoms with E-state index in [9.17, 15) is 4.79 Å². The van der Waals surface area contributed by atoms with Crippen molar-refractivity contribution >= 4 is 16.6 Å². The predicted molar refractivity (Wildman–Crippen MR) is 111 cm³/mol. The highest BCUT2D eigenvalue weighted by Gasteiger charge is 2.34. The van der Waals surface area contributed by atoms with Gasteiger partial charge in [-0.25, -0.2) is 0 Å². The highest BCUT2D eigenvalue weighted by Crippen LogP contribution is 2.27. The van der Waals surface area contributed by atoms with Crippen molar-refractivity contribution in [2.75, 3.05) is 0 Å². The van der Waals surface area contributed by atoms with E-state index >= 15 is 0 Å². The summed E-state index contributed by atoms with van der Waals surface area (Å²) in [6.07, 6.45) is 10.3. The van der Waals surface area contributed by atoms with Crippen molar-refractivity contribution in [3.63, 3.8) is 0 Å². The predicted octanol–water partition coefficient (Wildman–Crippen LogP) is 4.66. The largest absolute Gasteiger partial charge is 0.348 e. The van der Waals surface area contributed by atoms with Crippen LogP contribution in [0.3, 0.4) is 0 Å². The first-order chi connectivity index (χ1) is 13.7. The third-order valence-corrected chi connectivity index (χ3v) is 5.74. The molecule has 0 radical (unpaired) electrons. The van der Waals surface area contributed by atoms with Gasteiger partial charge in [0, 0.05) is 42.4 Å². The van der Waals surface area contributed by atoms with Crippen LogP contribution in [0.15, 0.2) is 79.4 Å². The molecule has 0 aliphatic heterocycles. The van der Waals surface area contributed by atoms with E-state index < -0.39 is 0 Å². The molecule has 1 unspecified atom stereocenters. The van der Waals surface area contributed by atoms with Gasteiger partial charge in [0.15, 0.2) is 12.4 Å². The molecule has 1 atom stereocenters. The van der Waals surface area contributed by atoms with E-state index in [1.54, 1.807) is 0 Å². The van der Waals surface area contributed by atoms with E-state index in [-0.39, 0.29) is 11.8 Å². The number of fused-ring (bicyclic) bond motifs is 2. The summed E-state index contributed by atoms with van der Waals surface area (Å²) in [5.41, 5.74) is 4.58. The maximum absolute atomic E-state index is 13.1. The van der Waals surface area contributed by atoms with Gasteiger partial charge in [0.25, 0.3) is 0 Å². The van der Waals surface area contributed by atoms with E-state index in [2.05, 4.69) is 77.2 Å². The average molecular weight is 367 g/mol. The highest BCUT2D eigenvalue weighted by molar-refractivity contribution is 6.00. The number of nitrogens with zero attached hydrogens (tertiary/aromatic N) is 2. The number of hydrogen-bond acceptors (Lipinski definition) is 1. The van der Waals surface area contributed by atoms with Crippen molar-refractivity contribution in [3.05, 3.63) is 102 Å². The van der Waals surface area contributed by atoms with Crippen molar-refractivity contribution in [2.24, 2.45) is 0 Å². The lowest BCUT2D eigenvalue weighted by atomic mass is 9.86. The van der Waals surface area contributed by atoms with Gasteiger partial charge in [0.2, 0.25) is 11.8 Å². The van der Waals surface area contributed by atoms with E-state index in [0.717, 1.165) is 24.9 Å². The highest BCUT2D eigenvalue weighted by atomic mass is 16.1. The third-order valence-electron chi connectivity index (χ3n) is 5.74. The summed E-state index contributed by atoms with van der Waals surface area (Å²) >= 11 is 0. The first-order valence-corrected chi connectivity index (χ1v) is 9.85. The number of rotatable bonds is 3. The van der Waals surface area contributed by atoms with Crippen LogP contribution in [0.5, 0.6) is 0 Å². The zero-order valence-electron chi connectivity index (χ0n) is 16.0. The second-order valence-electron chi connectivity index (χ2n) is 7.80. The van der Waals surface area contributed by atoms with Crippen LogP contribution in [0, 0.1) is 6.92 Å². The first-order valence-electron chi connectivity index (χ1n) is 9.85. The number of pyridine rings is 1. The SMILES string of the molecule is Cc1ccc2c(c1)CCC([n+]1ccc3cn(Cc4ccccc4)cc3c1)C2=O. The Morgan fingerprint density at radius 3 is 2.71 bits per heavy atom. The molecule has 3 nitrogen and oxygen atoms in total. The number of aryl methyl sites for hydroxylation is 2. The van der Waals surface area contributed by atoms with Gasteiger partial charge in [-0.15, -0.1) is 0 Å². The smallest absolute Gasteiger partial charge is 0.230 e. The maximum Gasteiger partial charge on any atom is 0.230 e. The zero-order chi connectivity index (χ0) is 19.1. The Bertz CT molecular complexity index is 1170. The van der Waals surface area contributed by atoms with Crippen LogP contribution in [0.1, 0.15) is 39.5 Å². The molecular formula is C25H23N2O+. The molecule has 0 N–H and O–H groups in total. The van der Waals surface area contributed by atoms with Crippen molar-refractivity contribution in [2.45, 2.75) is 32.4 Å². The second-order valence-corrected chi connectivity index (χ2v) is 7.80. The molecule has 0 saturated heterocycles. The van der Waals surface area contributed by atoms with Gasteiger partial charge < -0.3 is 4.57 Å². The summed E-state index contributed by atoms with van der Waals surface area (Å²) in [6, 6.07) is 18.7. The fourth-order valence-corrected chi connectivity index (χ4v) is 4.30. The number of aromatic nitrogens is 2. The van der Waals surface area contributed by atoms with Crippen molar-refractivity contribution in [1.29, 1.82) is 0 Å². The fourth-order valence-electron chi connectivity index (χ4n) is 4.30. The van der Waals surface area contributed by atoms with Crippen LogP contribution >= 0.6 is 0 Å². The van der Waals surface area contributed by atoms with Gasteiger partial charge in [-0.3, -0.25) is 4.79 Å². The lowest BCUT2D eigenvalue weighted by Crippen LogP contribution is -2.45. The monoisotopic (exact) mass is 367 g/mol. The lowest BCUT2D eigenvalue weighted by molar-refractivity contribution is -0.707. The van der Waals surface area contributed by atoms with E-state index in [0.29, 0.717) is 0 Å². The Hall–Kier alpha value is -3.20. The second kappa shape index (κ2) is 6.75. The number of carbonyl (C=O) groups excluding carboxylic acids is 1. The van der Waals surface area contributed by atoms with Crippen LogP contribution in [-0.4, -0.2) is 10.4 Å². The minimum Gasteiger partial charge on any atom is -0.348 e. The molecule has 2 aromatic carbocycles. The Kier molecular flexibility index (Phi) is 4.09. The molecule has 28 heavy (non-hydrogen) atoms. The molecule has 0 spiro atoms. The average Bonchev–Trinajstić information content (AvgIpc) is 3.10. The van der Waals surface area contributed by atoms with Gasteiger partial charge in [0.05, 0.1) is 5.39 Å². The van der Waals surface area contributed by atoms with E-state index in [1.807, 2.05) is 18.2 Å². The lowest BCUT2D eigenvalue weighted by Gasteiger charge is -2.20. The topological polar surface area (TPSA) is 25.9 Å². The Labute approximate surface area is 164 Å². The molecule has 2 aromatic heterocycles. The minimum atomic E-state index is -0.114. The Morgan fingerprint density at radius 1 is 1.04 bits per heavy atom. The molecule has 5 rings (SSSR count). The van der Waals surface area contributed by atoms with Gasteiger partial charge in [-0.1, -0.05) is 54.1 Å². The summed E-state index contributed by atoms with van der Waals surface area (Å²) in [5.74, 6) is 0.231. The van der Waals surface area contributed by atoms with Gasteiger partial charge in [-0.2, -0.15) is 4.57 Å². The summed E-state index contributed by atoms with van der Waals surface area (Å²) in [4.78, 5) is 13.1. The van der Waals surface area contributed by atoms with E-state index in [4.69, 9.17) is 0 Å². The summed E-state index contributed by atoms with van der Waals surface area (Å²) in [6.45, 7) is 2.93. The number of ketones is 1. The van der Waals surface area contributed by atoms with Crippen LogP contribution in [0.4, 0.5) is 0 Å². The molecule has 2 heterocycles. The van der Waals surface area contributed by atoms with Crippen molar-refractivity contribution < 1.29 is 9.36 Å². The number of hydrogen-bond donors (Lipinski definition) is 0. The van der Waals surface area contributed by atoms with Crippen LogP contribution in [0.2, 0.25) is 0 Å². The quantitative estimate of drug-likeness (QED) is 0.484. The number of carbonyl (C=O) groups is 1. The van der Waals surface area contributed by atoms with E-state index in [1.165, 1.54) is 27.5 Å². The molecule has 1 aliphatic carbocycles. The molecule has 1 aliphatic rings. The first kappa shape index (κ1) is 16.9. The molecule has 0 amide bonds. The molecule has 0 fully saturated rings. The zero-order valence-corrected chi connectivity index (χ0v) is 16.0. The molecule has 3 heteroatoms. The van der Waals surface area contributed by atoms with Crippen molar-refractivity contribution in [3.8, 4) is 0 Å². The summed E-state index contributed by atoms with van der Waals surface area (Å²) in [5, 5.41) is 2.37. The number of Topliss-reactive ketones (excluding diaryl/α,β-unsaturated/α-hetero) is 1. The summed E-state index contributed by atoms with van der Waals surface area (Å²) in [7, 11) is 0. The normalized spacial score (nSPS) is 16.3.